The highest BCUT2D eigenvalue weighted by Gasteiger charge is 2.22. The van der Waals surface area contributed by atoms with Gasteiger partial charge in [0.2, 0.25) is 10.0 Å². The molecule has 0 aliphatic carbocycles. The molecular weight excluding hydrogens is 318 g/mol. The lowest BCUT2D eigenvalue weighted by Gasteiger charge is -2.16. The molecule has 21 heavy (non-hydrogen) atoms. The Morgan fingerprint density at radius 2 is 1.57 bits per heavy atom. The van der Waals surface area contributed by atoms with E-state index in [2.05, 4.69) is 4.74 Å². The van der Waals surface area contributed by atoms with E-state index in [4.69, 9.17) is 0 Å². The third-order valence-corrected chi connectivity index (χ3v) is 5.82. The molecule has 0 aliphatic rings. The third-order valence-electron chi connectivity index (χ3n) is 2.82. The molecule has 0 saturated carbocycles. The van der Waals surface area contributed by atoms with Crippen molar-refractivity contribution in [3.05, 3.63) is 24.3 Å². The smallest absolute Gasteiger partial charge is 0.306 e. The molecular formula is C12H17NO6S2. The van der Waals surface area contributed by atoms with Gasteiger partial charge in [0.25, 0.3) is 0 Å². The van der Waals surface area contributed by atoms with E-state index in [1.807, 2.05) is 0 Å². The first kappa shape index (κ1) is 17.6. The number of sulfone groups is 1. The maximum Gasteiger partial charge on any atom is 0.306 e. The molecule has 9 heteroatoms. The van der Waals surface area contributed by atoms with Crippen molar-refractivity contribution in [2.45, 2.75) is 16.2 Å². The minimum atomic E-state index is -3.77. The van der Waals surface area contributed by atoms with Crippen molar-refractivity contribution in [3.8, 4) is 0 Å². The number of hydrogen-bond acceptors (Lipinski definition) is 6. The standard InChI is InChI=1S/C12H17NO6S2/c1-13(9-8-12(14)19-2)21(17,18)11-6-4-10(5-7-11)20(3,15)16/h4-7H,8-9H2,1-3H3. The van der Waals surface area contributed by atoms with Crippen LogP contribution in [-0.4, -0.2) is 54.1 Å². The number of sulfonamides is 1. The number of benzene rings is 1. The Balaban J connectivity index is 2.95. The van der Waals surface area contributed by atoms with Gasteiger partial charge in [-0.3, -0.25) is 4.79 Å². The largest absolute Gasteiger partial charge is 0.469 e. The normalized spacial score (nSPS) is 12.4. The summed E-state index contributed by atoms with van der Waals surface area (Å²) < 4.78 is 52.5. The van der Waals surface area contributed by atoms with Crippen LogP contribution in [0.5, 0.6) is 0 Å². The first-order valence-electron chi connectivity index (χ1n) is 5.92. The molecule has 7 nitrogen and oxygen atoms in total. The van der Waals surface area contributed by atoms with E-state index in [1.54, 1.807) is 0 Å². The molecule has 0 atom stereocenters. The maximum absolute atomic E-state index is 12.2. The van der Waals surface area contributed by atoms with Crippen LogP contribution in [0.25, 0.3) is 0 Å². The average molecular weight is 335 g/mol. The van der Waals surface area contributed by atoms with Gasteiger partial charge in [-0.2, -0.15) is 0 Å². The van der Waals surface area contributed by atoms with Crippen LogP contribution in [-0.2, 0) is 29.4 Å². The Hall–Kier alpha value is -1.45. The summed E-state index contributed by atoms with van der Waals surface area (Å²) in [5.74, 6) is -0.510. The van der Waals surface area contributed by atoms with Gasteiger partial charge in [-0.25, -0.2) is 21.1 Å². The zero-order valence-electron chi connectivity index (χ0n) is 11.9. The molecule has 1 aromatic carbocycles. The molecule has 0 saturated heterocycles. The number of nitrogens with zero attached hydrogens (tertiary/aromatic N) is 1. The predicted octanol–water partition coefficient (Wildman–Crippen LogP) is 0.274. The van der Waals surface area contributed by atoms with Crippen molar-refractivity contribution in [2.75, 3.05) is 27.0 Å². The van der Waals surface area contributed by atoms with E-state index in [0.29, 0.717) is 0 Å². The molecule has 0 bridgehead atoms. The molecule has 118 valence electrons. The van der Waals surface area contributed by atoms with Crippen LogP contribution < -0.4 is 0 Å². The van der Waals surface area contributed by atoms with Crippen molar-refractivity contribution in [2.24, 2.45) is 0 Å². The molecule has 0 amide bonds. The summed E-state index contributed by atoms with van der Waals surface area (Å²) in [6.45, 7) is -0.0250. The summed E-state index contributed by atoms with van der Waals surface area (Å²) in [7, 11) is -4.60. The first-order valence-corrected chi connectivity index (χ1v) is 9.25. The van der Waals surface area contributed by atoms with E-state index in [-0.39, 0.29) is 22.8 Å². The third kappa shape index (κ3) is 4.51. The predicted molar refractivity (Wildman–Crippen MR) is 76.0 cm³/mol. The van der Waals surface area contributed by atoms with Crippen LogP contribution in [0.15, 0.2) is 34.1 Å². The van der Waals surface area contributed by atoms with Gasteiger partial charge in [0.1, 0.15) is 0 Å². The van der Waals surface area contributed by atoms with Crippen LogP contribution in [0, 0.1) is 0 Å². The van der Waals surface area contributed by atoms with Gasteiger partial charge in [-0.15, -0.1) is 0 Å². The number of rotatable bonds is 6. The van der Waals surface area contributed by atoms with Crippen LogP contribution in [0.4, 0.5) is 0 Å². The molecule has 0 aliphatic heterocycles. The Morgan fingerprint density at radius 1 is 1.10 bits per heavy atom. The summed E-state index contributed by atoms with van der Waals surface area (Å²) >= 11 is 0. The number of carbonyl (C=O) groups is 1. The van der Waals surface area contributed by atoms with E-state index in [9.17, 15) is 21.6 Å². The Bertz CT molecular complexity index is 707. The number of methoxy groups -OCH3 is 1. The zero-order valence-corrected chi connectivity index (χ0v) is 13.6. The van der Waals surface area contributed by atoms with Crippen molar-refractivity contribution < 1.29 is 26.4 Å². The quantitative estimate of drug-likeness (QED) is 0.692. The summed E-state index contributed by atoms with van der Waals surface area (Å²) in [5.41, 5.74) is 0. The number of ether oxygens (including phenoxy) is 1. The Kier molecular flexibility index (Phi) is 5.48. The second kappa shape index (κ2) is 6.54. The van der Waals surface area contributed by atoms with Gasteiger partial charge in [0.15, 0.2) is 9.84 Å². The van der Waals surface area contributed by atoms with Crippen molar-refractivity contribution in [3.63, 3.8) is 0 Å². The molecule has 0 fully saturated rings. The van der Waals surface area contributed by atoms with E-state index in [1.165, 1.54) is 38.4 Å². The highest BCUT2D eigenvalue weighted by atomic mass is 32.2. The fourth-order valence-electron chi connectivity index (χ4n) is 1.51. The highest BCUT2D eigenvalue weighted by molar-refractivity contribution is 7.90. The van der Waals surface area contributed by atoms with Gasteiger partial charge in [0.05, 0.1) is 23.3 Å². The molecule has 0 aromatic heterocycles. The highest BCUT2D eigenvalue weighted by Crippen LogP contribution is 2.17. The van der Waals surface area contributed by atoms with E-state index < -0.39 is 25.8 Å². The van der Waals surface area contributed by atoms with Gasteiger partial charge in [-0.1, -0.05) is 0 Å². The van der Waals surface area contributed by atoms with Gasteiger partial charge in [-0.05, 0) is 24.3 Å². The number of hydrogen-bond donors (Lipinski definition) is 0. The summed E-state index contributed by atoms with van der Waals surface area (Å²) in [6, 6.07) is 4.91. The Labute approximate surface area is 124 Å². The maximum atomic E-state index is 12.2. The SMILES string of the molecule is COC(=O)CCN(C)S(=O)(=O)c1ccc(S(C)(=O)=O)cc1. The lowest BCUT2D eigenvalue weighted by Crippen LogP contribution is -2.29. The van der Waals surface area contributed by atoms with Crippen LogP contribution in [0.3, 0.4) is 0 Å². The molecule has 0 N–H and O–H groups in total. The second-order valence-corrected chi connectivity index (χ2v) is 8.46. The average Bonchev–Trinajstić information content (AvgIpc) is 2.43. The minimum absolute atomic E-state index is 0.0250. The topological polar surface area (TPSA) is 97.8 Å². The van der Waals surface area contributed by atoms with Crippen molar-refractivity contribution in [1.82, 2.24) is 4.31 Å². The van der Waals surface area contributed by atoms with Gasteiger partial charge in [0, 0.05) is 19.8 Å². The number of esters is 1. The van der Waals surface area contributed by atoms with Gasteiger partial charge >= 0.3 is 5.97 Å². The summed E-state index contributed by atoms with van der Waals surface area (Å²) in [5, 5.41) is 0. The molecule has 0 unspecified atom stereocenters. The molecule has 0 spiro atoms. The van der Waals surface area contributed by atoms with E-state index >= 15 is 0 Å². The second-order valence-electron chi connectivity index (χ2n) is 4.40. The lowest BCUT2D eigenvalue weighted by molar-refractivity contribution is -0.140. The van der Waals surface area contributed by atoms with Crippen molar-refractivity contribution >= 4 is 25.8 Å². The van der Waals surface area contributed by atoms with Crippen LogP contribution in [0.2, 0.25) is 0 Å². The number of carbonyl (C=O) groups excluding carboxylic acids is 1. The lowest BCUT2D eigenvalue weighted by atomic mass is 10.4. The van der Waals surface area contributed by atoms with Crippen LogP contribution >= 0.6 is 0 Å². The zero-order chi connectivity index (χ0) is 16.3. The molecule has 1 aromatic rings. The summed E-state index contributed by atoms with van der Waals surface area (Å²) in [4.78, 5) is 11.0. The summed E-state index contributed by atoms with van der Waals surface area (Å²) in [6.07, 6.45) is 0.979. The minimum Gasteiger partial charge on any atom is -0.469 e. The first-order chi connectivity index (χ1) is 9.59. The fourth-order valence-corrected chi connectivity index (χ4v) is 3.31. The fraction of sp³-hybridized carbons (Fsp3) is 0.417. The van der Waals surface area contributed by atoms with Crippen LogP contribution in [0.1, 0.15) is 6.42 Å². The van der Waals surface area contributed by atoms with Gasteiger partial charge < -0.3 is 4.74 Å². The Morgan fingerprint density at radius 3 is 2.00 bits per heavy atom. The molecule has 0 radical (unpaired) electrons. The monoisotopic (exact) mass is 335 g/mol. The van der Waals surface area contributed by atoms with E-state index in [0.717, 1.165) is 10.6 Å². The molecule has 0 heterocycles. The van der Waals surface area contributed by atoms with Crippen molar-refractivity contribution in [1.29, 1.82) is 0 Å². The molecule has 1 rings (SSSR count).